The lowest BCUT2D eigenvalue weighted by atomic mass is 10.1. The van der Waals surface area contributed by atoms with Crippen LogP contribution in [0.15, 0.2) is 48.7 Å². The van der Waals surface area contributed by atoms with Gasteiger partial charge < -0.3 is 19.6 Å². The molecule has 0 aliphatic carbocycles. The Morgan fingerprint density at radius 1 is 1.18 bits per heavy atom. The van der Waals surface area contributed by atoms with Gasteiger partial charge in [0.25, 0.3) is 0 Å². The van der Waals surface area contributed by atoms with Crippen LogP contribution >= 0.6 is 0 Å². The number of methoxy groups -OCH3 is 1. The number of carbonyl (C=O) groups is 1. The number of fused-ring (bicyclic) bond motifs is 3. The maximum atomic E-state index is 11.6. The quantitative estimate of drug-likeness (QED) is 0.542. The molecule has 7 nitrogen and oxygen atoms in total. The Morgan fingerprint density at radius 2 is 1.93 bits per heavy atom. The van der Waals surface area contributed by atoms with Crippen LogP contribution in [0.4, 0.5) is 0 Å². The molecular weight excluding hydrogens is 358 g/mol. The fourth-order valence-electron chi connectivity index (χ4n) is 3.21. The Labute approximate surface area is 159 Å². The first-order valence-electron chi connectivity index (χ1n) is 8.44. The van der Waals surface area contributed by atoms with Crippen molar-refractivity contribution in [2.45, 2.75) is 6.61 Å². The molecule has 0 radical (unpaired) electrons. The Kier molecular flexibility index (Phi) is 4.39. The number of aromatic nitrogens is 2. The molecule has 0 spiro atoms. The first-order valence-corrected chi connectivity index (χ1v) is 8.44. The van der Waals surface area contributed by atoms with E-state index in [-0.39, 0.29) is 12.3 Å². The third-order valence-corrected chi connectivity index (χ3v) is 4.42. The van der Waals surface area contributed by atoms with Gasteiger partial charge in [0.05, 0.1) is 30.0 Å². The first-order chi connectivity index (χ1) is 13.6. The molecule has 7 heteroatoms. The topological polar surface area (TPSA) is 108 Å². The van der Waals surface area contributed by atoms with Crippen molar-refractivity contribution in [3.63, 3.8) is 0 Å². The van der Waals surface area contributed by atoms with Crippen molar-refractivity contribution < 1.29 is 19.4 Å². The van der Waals surface area contributed by atoms with Crippen LogP contribution in [0.5, 0.6) is 11.5 Å². The summed E-state index contributed by atoms with van der Waals surface area (Å²) < 4.78 is 11.1. The van der Waals surface area contributed by atoms with Crippen LogP contribution < -0.4 is 4.74 Å². The van der Waals surface area contributed by atoms with E-state index >= 15 is 0 Å². The van der Waals surface area contributed by atoms with Gasteiger partial charge >= 0.3 is 5.97 Å². The lowest BCUT2D eigenvalue weighted by Crippen LogP contribution is -2.07. The van der Waals surface area contributed by atoms with E-state index in [1.54, 1.807) is 24.3 Å². The van der Waals surface area contributed by atoms with Gasteiger partial charge in [0, 0.05) is 29.0 Å². The highest BCUT2D eigenvalue weighted by molar-refractivity contribution is 6.11. The minimum atomic E-state index is -1.10. The van der Waals surface area contributed by atoms with E-state index in [1.165, 1.54) is 13.3 Å². The number of nitriles is 1. The van der Waals surface area contributed by atoms with Gasteiger partial charge in [-0.3, -0.25) is 0 Å². The second-order valence-electron chi connectivity index (χ2n) is 6.18. The normalized spacial score (nSPS) is 10.9. The van der Waals surface area contributed by atoms with Crippen LogP contribution in [0.1, 0.15) is 21.6 Å². The molecule has 138 valence electrons. The van der Waals surface area contributed by atoms with Crippen LogP contribution in [0, 0.1) is 11.3 Å². The summed E-state index contributed by atoms with van der Waals surface area (Å²) >= 11 is 0. The smallest absolute Gasteiger partial charge is 0.354 e. The van der Waals surface area contributed by atoms with Crippen molar-refractivity contribution in [3.05, 3.63) is 65.5 Å². The second kappa shape index (κ2) is 7.02. The number of rotatable bonds is 5. The zero-order valence-electron chi connectivity index (χ0n) is 14.9. The molecule has 0 amide bonds. The van der Waals surface area contributed by atoms with Crippen LogP contribution in [0.3, 0.4) is 0 Å². The summed E-state index contributed by atoms with van der Waals surface area (Å²) in [6, 6.07) is 14.4. The Bertz CT molecular complexity index is 1240. The molecule has 0 atom stereocenters. The Morgan fingerprint density at radius 3 is 2.61 bits per heavy atom. The Balaban J connectivity index is 1.85. The van der Waals surface area contributed by atoms with E-state index in [9.17, 15) is 9.90 Å². The number of hydrogen-bond donors (Lipinski definition) is 2. The number of aromatic carboxylic acids is 1. The van der Waals surface area contributed by atoms with Crippen molar-refractivity contribution in [2.75, 3.05) is 7.11 Å². The highest BCUT2D eigenvalue weighted by Gasteiger charge is 2.19. The zero-order valence-corrected chi connectivity index (χ0v) is 14.9. The lowest BCUT2D eigenvalue weighted by molar-refractivity contribution is 0.0685. The standard InChI is InChI=1S/C21H15N3O4/c1-27-11-16-19-15-8-14(28-13-4-2-12(9-22)3-5-13)6-7-17(15)24-18(19)10-23-20(16)21(25)26/h2-8,10,24H,11H2,1H3,(H,25,26). The summed E-state index contributed by atoms with van der Waals surface area (Å²) in [6.45, 7) is 0.125. The van der Waals surface area contributed by atoms with Gasteiger partial charge in [-0.2, -0.15) is 5.26 Å². The molecular formula is C21H15N3O4. The fraction of sp³-hybridized carbons (Fsp3) is 0.0952. The van der Waals surface area contributed by atoms with Gasteiger partial charge in [0.1, 0.15) is 11.5 Å². The molecule has 28 heavy (non-hydrogen) atoms. The van der Waals surface area contributed by atoms with E-state index < -0.39 is 5.97 Å². The van der Waals surface area contributed by atoms with Gasteiger partial charge in [-0.25, -0.2) is 9.78 Å². The van der Waals surface area contributed by atoms with Crippen LogP contribution in [0.25, 0.3) is 21.8 Å². The van der Waals surface area contributed by atoms with Gasteiger partial charge in [0.15, 0.2) is 5.69 Å². The minimum Gasteiger partial charge on any atom is -0.477 e. The summed E-state index contributed by atoms with van der Waals surface area (Å²) in [6.07, 6.45) is 1.51. The van der Waals surface area contributed by atoms with Crippen molar-refractivity contribution >= 4 is 27.8 Å². The number of pyridine rings is 1. The Hall–Kier alpha value is -3.89. The monoisotopic (exact) mass is 373 g/mol. The minimum absolute atomic E-state index is 0.0336. The predicted molar refractivity (Wildman–Crippen MR) is 103 cm³/mol. The lowest BCUT2D eigenvalue weighted by Gasteiger charge is -2.08. The summed E-state index contributed by atoms with van der Waals surface area (Å²) in [5.74, 6) is 0.0895. The molecule has 0 aliphatic rings. The number of nitrogens with one attached hydrogen (secondary N) is 1. The number of carboxylic acid groups (broad SMARTS) is 1. The molecule has 0 saturated carbocycles. The summed E-state index contributed by atoms with van der Waals surface area (Å²) in [7, 11) is 1.51. The summed E-state index contributed by atoms with van der Waals surface area (Å²) in [5.41, 5.74) is 2.59. The molecule has 0 bridgehead atoms. The van der Waals surface area contributed by atoms with E-state index in [0.29, 0.717) is 22.6 Å². The molecule has 2 heterocycles. The number of ether oxygens (including phenoxy) is 2. The summed E-state index contributed by atoms with van der Waals surface area (Å²) in [5, 5.41) is 19.9. The molecule has 2 aromatic heterocycles. The SMILES string of the molecule is COCc1c(C(=O)O)ncc2[nH]c3ccc(Oc4ccc(C#N)cc4)cc3c12. The van der Waals surface area contributed by atoms with Crippen LogP contribution in [-0.4, -0.2) is 28.2 Å². The molecule has 2 aromatic carbocycles. The predicted octanol–water partition coefficient (Wildman–Crippen LogP) is 4.22. The number of aromatic amines is 1. The third-order valence-electron chi connectivity index (χ3n) is 4.42. The maximum Gasteiger partial charge on any atom is 0.354 e. The third kappa shape index (κ3) is 3.02. The number of benzene rings is 2. The number of carboxylic acids is 1. The largest absolute Gasteiger partial charge is 0.477 e. The average molecular weight is 373 g/mol. The molecule has 0 saturated heterocycles. The van der Waals surface area contributed by atoms with E-state index in [1.807, 2.05) is 18.2 Å². The van der Waals surface area contributed by atoms with Crippen molar-refractivity contribution in [1.82, 2.24) is 9.97 Å². The van der Waals surface area contributed by atoms with Crippen molar-refractivity contribution in [2.24, 2.45) is 0 Å². The molecule has 4 aromatic rings. The van der Waals surface area contributed by atoms with E-state index in [0.717, 1.165) is 21.8 Å². The summed E-state index contributed by atoms with van der Waals surface area (Å²) in [4.78, 5) is 18.9. The number of H-pyrrole nitrogens is 1. The van der Waals surface area contributed by atoms with Crippen molar-refractivity contribution in [3.8, 4) is 17.6 Å². The van der Waals surface area contributed by atoms with Crippen LogP contribution in [0.2, 0.25) is 0 Å². The molecule has 2 N–H and O–H groups in total. The molecule has 4 rings (SSSR count). The highest BCUT2D eigenvalue weighted by Crippen LogP contribution is 2.33. The fourth-order valence-corrected chi connectivity index (χ4v) is 3.21. The van der Waals surface area contributed by atoms with E-state index in [4.69, 9.17) is 14.7 Å². The van der Waals surface area contributed by atoms with Gasteiger partial charge in [-0.15, -0.1) is 0 Å². The number of nitrogens with zero attached hydrogens (tertiary/aromatic N) is 2. The van der Waals surface area contributed by atoms with E-state index in [2.05, 4.69) is 16.0 Å². The highest BCUT2D eigenvalue weighted by atomic mass is 16.5. The number of hydrogen-bond acceptors (Lipinski definition) is 5. The maximum absolute atomic E-state index is 11.6. The van der Waals surface area contributed by atoms with Gasteiger partial charge in [-0.05, 0) is 42.5 Å². The first kappa shape index (κ1) is 17.5. The van der Waals surface area contributed by atoms with Crippen LogP contribution in [-0.2, 0) is 11.3 Å². The molecule has 0 aliphatic heterocycles. The average Bonchev–Trinajstić information content (AvgIpc) is 3.07. The molecule has 0 unspecified atom stereocenters. The second-order valence-corrected chi connectivity index (χ2v) is 6.18. The van der Waals surface area contributed by atoms with Gasteiger partial charge in [0.2, 0.25) is 0 Å². The zero-order chi connectivity index (χ0) is 19.7. The molecule has 0 fully saturated rings. The van der Waals surface area contributed by atoms with Gasteiger partial charge in [-0.1, -0.05) is 0 Å². The van der Waals surface area contributed by atoms with Crippen molar-refractivity contribution in [1.29, 1.82) is 5.26 Å².